The highest BCUT2D eigenvalue weighted by molar-refractivity contribution is 5.98. The van der Waals surface area contributed by atoms with Crippen LogP contribution in [0, 0.1) is 0 Å². The van der Waals surface area contributed by atoms with Crippen LogP contribution in [0.3, 0.4) is 0 Å². The lowest BCUT2D eigenvalue weighted by Crippen LogP contribution is -2.25. The third-order valence-corrected chi connectivity index (χ3v) is 2.05. The van der Waals surface area contributed by atoms with Gasteiger partial charge in [0.05, 0.1) is 17.7 Å². The van der Waals surface area contributed by atoms with Crippen LogP contribution in [0.1, 0.15) is 20.7 Å². The van der Waals surface area contributed by atoms with E-state index in [9.17, 15) is 14.4 Å². The van der Waals surface area contributed by atoms with Gasteiger partial charge >= 0.3 is 11.9 Å². The molecule has 0 aliphatic carbocycles. The Morgan fingerprint density at radius 3 is 1.94 bits per heavy atom. The van der Waals surface area contributed by atoms with E-state index >= 15 is 0 Å². The summed E-state index contributed by atoms with van der Waals surface area (Å²) in [6, 6.07) is 3.42. The van der Waals surface area contributed by atoms with Crippen molar-refractivity contribution in [1.29, 1.82) is 0 Å². The lowest BCUT2D eigenvalue weighted by Gasteiger charge is -2.07. The molecule has 7 nitrogen and oxygen atoms in total. The number of carboxylic acid groups (broad SMARTS) is 2. The number of nitrogens with one attached hydrogen (secondary N) is 2. The summed E-state index contributed by atoms with van der Waals surface area (Å²) in [7, 11) is 1.58. The molecule has 4 N–H and O–H groups in total. The first kappa shape index (κ1) is 13.7. The van der Waals surface area contributed by atoms with Gasteiger partial charge in [0.1, 0.15) is 0 Å². The topological polar surface area (TPSA) is 116 Å². The van der Waals surface area contributed by atoms with E-state index in [0.717, 1.165) is 6.07 Å². The quantitative estimate of drug-likeness (QED) is 0.596. The zero-order valence-corrected chi connectivity index (χ0v) is 9.56. The van der Waals surface area contributed by atoms with Gasteiger partial charge in [-0.15, -0.1) is 0 Å². The maximum Gasteiger partial charge on any atom is 0.335 e. The Morgan fingerprint density at radius 2 is 1.56 bits per heavy atom. The van der Waals surface area contributed by atoms with Crippen LogP contribution >= 0.6 is 0 Å². The minimum atomic E-state index is -1.26. The molecule has 0 saturated heterocycles. The van der Waals surface area contributed by atoms with Crippen LogP contribution in [0.25, 0.3) is 0 Å². The molecule has 1 amide bonds. The van der Waals surface area contributed by atoms with Gasteiger partial charge in [0, 0.05) is 5.69 Å². The number of carboxylic acids is 2. The van der Waals surface area contributed by atoms with Crippen molar-refractivity contribution in [2.24, 2.45) is 0 Å². The molecular weight excluding hydrogens is 240 g/mol. The van der Waals surface area contributed by atoms with Gasteiger partial charge in [-0.25, -0.2) is 9.59 Å². The number of aromatic carboxylic acids is 2. The van der Waals surface area contributed by atoms with Crippen LogP contribution in [0.15, 0.2) is 18.2 Å². The Balaban J connectivity index is 3.07. The molecule has 0 atom stereocenters. The first-order valence-electron chi connectivity index (χ1n) is 5.00. The van der Waals surface area contributed by atoms with Gasteiger partial charge in [-0.3, -0.25) is 4.79 Å². The lowest BCUT2D eigenvalue weighted by molar-refractivity contribution is -0.115. The van der Waals surface area contributed by atoms with E-state index in [1.807, 2.05) is 0 Å². The zero-order chi connectivity index (χ0) is 13.7. The van der Waals surface area contributed by atoms with Gasteiger partial charge in [0.15, 0.2) is 0 Å². The Labute approximate surface area is 102 Å². The van der Waals surface area contributed by atoms with E-state index in [4.69, 9.17) is 10.2 Å². The Bertz CT molecular complexity index is 466. The van der Waals surface area contributed by atoms with Crippen LogP contribution in [0.4, 0.5) is 5.69 Å². The molecule has 0 fully saturated rings. The van der Waals surface area contributed by atoms with Crippen LogP contribution in [-0.2, 0) is 4.79 Å². The number of rotatable bonds is 5. The second-order valence-corrected chi connectivity index (χ2v) is 3.49. The summed E-state index contributed by atoms with van der Waals surface area (Å²) in [5, 5.41) is 22.7. The summed E-state index contributed by atoms with van der Waals surface area (Å²) < 4.78 is 0. The highest BCUT2D eigenvalue weighted by Crippen LogP contribution is 2.15. The number of benzene rings is 1. The second kappa shape index (κ2) is 5.78. The van der Waals surface area contributed by atoms with Crippen molar-refractivity contribution in [2.75, 3.05) is 18.9 Å². The van der Waals surface area contributed by atoms with Gasteiger partial charge in [-0.1, -0.05) is 0 Å². The summed E-state index contributed by atoms with van der Waals surface area (Å²) >= 11 is 0. The molecule has 0 saturated carbocycles. The lowest BCUT2D eigenvalue weighted by atomic mass is 10.1. The number of hydrogen-bond acceptors (Lipinski definition) is 4. The van der Waals surface area contributed by atoms with Gasteiger partial charge in [0.25, 0.3) is 0 Å². The number of anilines is 1. The summed E-state index contributed by atoms with van der Waals surface area (Å²) in [5.74, 6) is -2.92. The maximum absolute atomic E-state index is 11.3. The predicted molar refractivity (Wildman–Crippen MR) is 62.9 cm³/mol. The average molecular weight is 252 g/mol. The minimum Gasteiger partial charge on any atom is -0.478 e. The van der Waals surface area contributed by atoms with Gasteiger partial charge in [0.2, 0.25) is 5.91 Å². The third kappa shape index (κ3) is 3.56. The van der Waals surface area contributed by atoms with Crippen LogP contribution in [-0.4, -0.2) is 41.7 Å². The molecular formula is C11H12N2O5. The normalized spacial score (nSPS) is 9.83. The molecule has 1 aromatic carbocycles. The summed E-state index contributed by atoms with van der Waals surface area (Å²) in [4.78, 5) is 32.9. The molecule has 1 rings (SSSR count). The molecule has 18 heavy (non-hydrogen) atoms. The molecule has 0 bridgehead atoms. The monoisotopic (exact) mass is 252 g/mol. The van der Waals surface area contributed by atoms with E-state index in [1.165, 1.54) is 12.1 Å². The Kier molecular flexibility index (Phi) is 4.39. The van der Waals surface area contributed by atoms with Crippen molar-refractivity contribution in [3.05, 3.63) is 29.3 Å². The van der Waals surface area contributed by atoms with Crippen molar-refractivity contribution >= 4 is 23.5 Å². The molecule has 0 unspecified atom stereocenters. The molecule has 0 spiro atoms. The standard InChI is InChI=1S/C11H12N2O5/c1-12-5-9(14)13-8-3-6(10(15)16)2-7(4-8)11(17)18/h2-4,12H,5H2,1H3,(H,13,14)(H,15,16)(H,17,18). The maximum atomic E-state index is 11.3. The Hall–Kier alpha value is -2.41. The van der Waals surface area contributed by atoms with Gasteiger partial charge in [-0.2, -0.15) is 0 Å². The fourth-order valence-electron chi connectivity index (χ4n) is 1.31. The van der Waals surface area contributed by atoms with E-state index in [-0.39, 0.29) is 23.4 Å². The van der Waals surface area contributed by atoms with Crippen molar-refractivity contribution in [1.82, 2.24) is 5.32 Å². The van der Waals surface area contributed by atoms with Crippen molar-refractivity contribution in [2.45, 2.75) is 0 Å². The highest BCUT2D eigenvalue weighted by atomic mass is 16.4. The second-order valence-electron chi connectivity index (χ2n) is 3.49. The molecule has 0 radical (unpaired) electrons. The third-order valence-electron chi connectivity index (χ3n) is 2.05. The molecule has 0 aromatic heterocycles. The summed E-state index contributed by atoms with van der Waals surface area (Å²) in [6.45, 7) is 0.0414. The molecule has 7 heteroatoms. The molecule has 0 heterocycles. The van der Waals surface area contributed by atoms with Gasteiger partial charge < -0.3 is 20.8 Å². The average Bonchev–Trinajstić information content (AvgIpc) is 2.28. The van der Waals surface area contributed by atoms with E-state index in [0.29, 0.717) is 0 Å². The van der Waals surface area contributed by atoms with Gasteiger partial charge in [-0.05, 0) is 25.2 Å². The van der Waals surface area contributed by atoms with E-state index in [1.54, 1.807) is 7.05 Å². The molecule has 96 valence electrons. The van der Waals surface area contributed by atoms with Crippen molar-refractivity contribution in [3.8, 4) is 0 Å². The molecule has 0 aliphatic heterocycles. The minimum absolute atomic E-state index is 0.0414. The Morgan fingerprint density at radius 1 is 1.06 bits per heavy atom. The van der Waals surface area contributed by atoms with Crippen molar-refractivity contribution in [3.63, 3.8) is 0 Å². The number of carbonyl (C=O) groups excluding carboxylic acids is 1. The SMILES string of the molecule is CNCC(=O)Nc1cc(C(=O)O)cc(C(=O)O)c1. The predicted octanol–water partition coefficient (Wildman–Crippen LogP) is 0.241. The fourth-order valence-corrected chi connectivity index (χ4v) is 1.31. The first-order valence-corrected chi connectivity index (χ1v) is 5.00. The highest BCUT2D eigenvalue weighted by Gasteiger charge is 2.12. The fraction of sp³-hybridized carbons (Fsp3) is 0.182. The van der Waals surface area contributed by atoms with Crippen molar-refractivity contribution < 1.29 is 24.6 Å². The van der Waals surface area contributed by atoms with Crippen LogP contribution in [0.2, 0.25) is 0 Å². The van der Waals surface area contributed by atoms with Crippen LogP contribution in [0.5, 0.6) is 0 Å². The number of hydrogen-bond donors (Lipinski definition) is 4. The van der Waals surface area contributed by atoms with Crippen LogP contribution < -0.4 is 10.6 Å². The molecule has 1 aromatic rings. The zero-order valence-electron chi connectivity index (χ0n) is 9.56. The largest absolute Gasteiger partial charge is 0.478 e. The number of amides is 1. The summed E-state index contributed by atoms with van der Waals surface area (Å²) in [6.07, 6.45) is 0. The number of likely N-dealkylation sites (N-methyl/N-ethyl adjacent to an activating group) is 1. The van der Waals surface area contributed by atoms with E-state index in [2.05, 4.69) is 10.6 Å². The number of carbonyl (C=O) groups is 3. The summed E-state index contributed by atoms with van der Waals surface area (Å²) in [5.41, 5.74) is -0.267. The molecule has 0 aliphatic rings. The van der Waals surface area contributed by atoms with E-state index < -0.39 is 17.8 Å². The smallest absolute Gasteiger partial charge is 0.335 e. The first-order chi connectivity index (χ1) is 8.43.